The number of fused-ring (bicyclic) bond motifs is 1. The van der Waals surface area contributed by atoms with Gasteiger partial charge in [-0.25, -0.2) is 19.7 Å². The van der Waals surface area contributed by atoms with Crippen LogP contribution in [-0.2, 0) is 12.0 Å². The van der Waals surface area contributed by atoms with Crippen LogP contribution < -0.4 is 5.32 Å². The molecule has 0 saturated heterocycles. The second kappa shape index (κ2) is 9.83. The normalized spacial score (nSPS) is 21.8. The fraction of sp³-hybridized carbons (Fsp3) is 0.586. The van der Waals surface area contributed by atoms with Gasteiger partial charge in [-0.1, -0.05) is 56.5 Å². The zero-order chi connectivity index (χ0) is 25.4. The molecule has 2 fully saturated rings. The van der Waals surface area contributed by atoms with Crippen LogP contribution in [0.4, 0.5) is 5.82 Å². The van der Waals surface area contributed by atoms with E-state index in [-0.39, 0.29) is 17.3 Å². The maximum atomic E-state index is 12.0. The summed E-state index contributed by atoms with van der Waals surface area (Å²) >= 11 is 0. The Morgan fingerprint density at radius 1 is 1.08 bits per heavy atom. The number of carboxylic acids is 1. The van der Waals surface area contributed by atoms with Gasteiger partial charge in [-0.2, -0.15) is 0 Å². The standard InChI is InChI=1S/C29H39N5O2/c1-18-13-15-20(16-14-18)17-34-23-24(30-19(2)21-9-8-10-21)31-26(27(35)36)32-25(23)33-28(34)29(3,4)22-11-6-5-7-12-22/h5-7,11-12,18-21H,8-10,13-17H2,1-4H3,(H,35,36)(H,30,31,32)/t18-,19-,20-/m1/s1. The molecule has 3 aromatic rings. The smallest absolute Gasteiger partial charge is 0.374 e. The fourth-order valence-corrected chi connectivity index (χ4v) is 5.91. The maximum Gasteiger partial charge on any atom is 0.374 e. The Labute approximate surface area is 213 Å². The SMILES string of the molecule is C[C@@H](Nc1nc(C(=O)O)nc2nc(C(C)(C)c3ccccc3)n(C[C@H]3CC[C@H](C)CC3)c12)C1CCC1. The van der Waals surface area contributed by atoms with Crippen LogP contribution in [-0.4, -0.2) is 36.6 Å². The molecule has 0 spiro atoms. The number of imidazole rings is 1. The highest BCUT2D eigenvalue weighted by Crippen LogP contribution is 2.38. The van der Waals surface area contributed by atoms with E-state index in [4.69, 9.17) is 4.98 Å². The van der Waals surface area contributed by atoms with E-state index in [1.807, 2.05) is 6.07 Å². The predicted molar refractivity (Wildman–Crippen MR) is 142 cm³/mol. The summed E-state index contributed by atoms with van der Waals surface area (Å²) in [4.78, 5) is 26.0. The van der Waals surface area contributed by atoms with Crippen molar-refractivity contribution in [3.8, 4) is 0 Å². The first-order valence-corrected chi connectivity index (χ1v) is 13.6. The molecule has 0 aliphatic heterocycles. The van der Waals surface area contributed by atoms with Crippen molar-refractivity contribution in [1.82, 2.24) is 19.5 Å². The summed E-state index contributed by atoms with van der Waals surface area (Å²) < 4.78 is 2.31. The Balaban J connectivity index is 1.66. The predicted octanol–water partition coefficient (Wildman–Crippen LogP) is 6.28. The van der Waals surface area contributed by atoms with Gasteiger partial charge in [0.15, 0.2) is 11.5 Å². The van der Waals surface area contributed by atoms with Crippen LogP contribution in [0, 0.1) is 17.8 Å². The van der Waals surface area contributed by atoms with E-state index in [0.29, 0.717) is 23.3 Å². The van der Waals surface area contributed by atoms with Crippen molar-refractivity contribution in [3.05, 3.63) is 47.5 Å². The molecule has 192 valence electrons. The number of carboxylic acid groups (broad SMARTS) is 1. The average molecular weight is 490 g/mol. The van der Waals surface area contributed by atoms with Crippen molar-refractivity contribution in [2.24, 2.45) is 17.8 Å². The first kappa shape index (κ1) is 24.7. The number of nitrogens with zero attached hydrogens (tertiary/aromatic N) is 4. The molecular weight excluding hydrogens is 450 g/mol. The minimum Gasteiger partial charge on any atom is -0.475 e. The Kier molecular flexibility index (Phi) is 6.75. The van der Waals surface area contributed by atoms with Gasteiger partial charge in [-0.3, -0.25) is 0 Å². The topological polar surface area (TPSA) is 92.9 Å². The van der Waals surface area contributed by atoms with Crippen molar-refractivity contribution in [2.45, 2.75) is 90.6 Å². The highest BCUT2D eigenvalue weighted by molar-refractivity contribution is 5.91. The fourth-order valence-electron chi connectivity index (χ4n) is 5.91. The lowest BCUT2D eigenvalue weighted by Gasteiger charge is -2.33. The lowest BCUT2D eigenvalue weighted by atomic mass is 9.80. The molecule has 0 bridgehead atoms. The summed E-state index contributed by atoms with van der Waals surface area (Å²) in [6.45, 7) is 9.75. The van der Waals surface area contributed by atoms with Gasteiger partial charge in [0.1, 0.15) is 11.3 Å². The molecule has 7 heteroatoms. The lowest BCUT2D eigenvalue weighted by Crippen LogP contribution is -2.32. The first-order chi connectivity index (χ1) is 17.2. The summed E-state index contributed by atoms with van der Waals surface area (Å²) in [5.74, 6) is 2.10. The second-order valence-electron chi connectivity index (χ2n) is 11.7. The number of benzene rings is 1. The number of aromatic nitrogens is 4. The van der Waals surface area contributed by atoms with Gasteiger partial charge in [0, 0.05) is 18.0 Å². The molecule has 2 saturated carbocycles. The molecule has 2 aliphatic rings. The molecule has 0 radical (unpaired) electrons. The summed E-state index contributed by atoms with van der Waals surface area (Å²) in [6, 6.07) is 10.6. The van der Waals surface area contributed by atoms with Gasteiger partial charge in [-0.05, 0) is 69.8 Å². The quantitative estimate of drug-likeness (QED) is 0.387. The molecular formula is C29H39N5O2. The van der Waals surface area contributed by atoms with Crippen LogP contribution in [0.1, 0.15) is 94.6 Å². The highest BCUT2D eigenvalue weighted by Gasteiger charge is 2.34. The van der Waals surface area contributed by atoms with E-state index in [0.717, 1.165) is 23.8 Å². The largest absolute Gasteiger partial charge is 0.475 e. The van der Waals surface area contributed by atoms with Gasteiger partial charge < -0.3 is 15.0 Å². The van der Waals surface area contributed by atoms with Gasteiger partial charge in [0.25, 0.3) is 0 Å². The van der Waals surface area contributed by atoms with Crippen molar-refractivity contribution in [3.63, 3.8) is 0 Å². The molecule has 2 aromatic heterocycles. The van der Waals surface area contributed by atoms with E-state index in [1.54, 1.807) is 0 Å². The summed E-state index contributed by atoms with van der Waals surface area (Å²) in [5.41, 5.74) is 2.09. The van der Waals surface area contributed by atoms with Gasteiger partial charge in [-0.15, -0.1) is 0 Å². The lowest BCUT2D eigenvalue weighted by molar-refractivity contribution is 0.0684. The van der Waals surface area contributed by atoms with Crippen LogP contribution in [0.25, 0.3) is 11.2 Å². The van der Waals surface area contributed by atoms with Crippen molar-refractivity contribution in [1.29, 1.82) is 0 Å². The molecule has 1 aromatic carbocycles. The average Bonchev–Trinajstić information content (AvgIpc) is 3.19. The molecule has 2 N–H and O–H groups in total. The number of carbonyl (C=O) groups is 1. The highest BCUT2D eigenvalue weighted by atomic mass is 16.4. The monoisotopic (exact) mass is 489 g/mol. The maximum absolute atomic E-state index is 12.0. The number of hydrogen-bond donors (Lipinski definition) is 2. The number of hydrogen-bond acceptors (Lipinski definition) is 5. The number of rotatable bonds is 8. The van der Waals surface area contributed by atoms with Gasteiger partial charge in [0.2, 0.25) is 5.82 Å². The van der Waals surface area contributed by atoms with Gasteiger partial charge in [0.05, 0.1) is 0 Å². The van der Waals surface area contributed by atoms with Crippen LogP contribution in [0.2, 0.25) is 0 Å². The van der Waals surface area contributed by atoms with E-state index in [9.17, 15) is 9.90 Å². The Morgan fingerprint density at radius 3 is 2.39 bits per heavy atom. The number of aromatic carboxylic acids is 1. The molecule has 0 unspecified atom stereocenters. The minimum absolute atomic E-state index is 0.203. The number of nitrogens with one attached hydrogen (secondary N) is 1. The zero-order valence-electron chi connectivity index (χ0n) is 22.0. The van der Waals surface area contributed by atoms with E-state index < -0.39 is 5.97 Å². The third-order valence-electron chi connectivity index (χ3n) is 8.65. The second-order valence-corrected chi connectivity index (χ2v) is 11.7. The zero-order valence-corrected chi connectivity index (χ0v) is 22.0. The first-order valence-electron chi connectivity index (χ1n) is 13.6. The summed E-state index contributed by atoms with van der Waals surface area (Å²) in [5, 5.41) is 13.4. The Bertz CT molecular complexity index is 1220. The van der Waals surface area contributed by atoms with Crippen LogP contribution in [0.3, 0.4) is 0 Å². The summed E-state index contributed by atoms with van der Waals surface area (Å²) in [7, 11) is 0. The molecule has 7 nitrogen and oxygen atoms in total. The Morgan fingerprint density at radius 2 is 1.78 bits per heavy atom. The molecule has 5 rings (SSSR count). The number of anilines is 1. The third-order valence-corrected chi connectivity index (χ3v) is 8.65. The molecule has 1 atom stereocenters. The van der Waals surface area contributed by atoms with Crippen LogP contribution in [0.15, 0.2) is 30.3 Å². The summed E-state index contributed by atoms with van der Waals surface area (Å²) in [6.07, 6.45) is 8.53. The van der Waals surface area contributed by atoms with Crippen LogP contribution >= 0.6 is 0 Å². The van der Waals surface area contributed by atoms with E-state index in [1.165, 1.54) is 50.5 Å². The Hall–Kier alpha value is -2.96. The van der Waals surface area contributed by atoms with Crippen molar-refractivity contribution >= 4 is 23.0 Å². The molecule has 36 heavy (non-hydrogen) atoms. The van der Waals surface area contributed by atoms with Crippen molar-refractivity contribution in [2.75, 3.05) is 5.32 Å². The molecule has 2 aliphatic carbocycles. The van der Waals surface area contributed by atoms with E-state index >= 15 is 0 Å². The molecule has 0 amide bonds. The third kappa shape index (κ3) is 4.72. The minimum atomic E-state index is -1.13. The van der Waals surface area contributed by atoms with Crippen LogP contribution in [0.5, 0.6) is 0 Å². The van der Waals surface area contributed by atoms with Gasteiger partial charge >= 0.3 is 5.97 Å². The molecule has 2 heterocycles. The van der Waals surface area contributed by atoms with Crippen molar-refractivity contribution < 1.29 is 9.90 Å². The van der Waals surface area contributed by atoms with E-state index in [2.05, 4.69) is 71.8 Å².